The van der Waals surface area contributed by atoms with Crippen LogP contribution < -0.4 is 79.1 Å². The minimum Gasteiger partial charge on any atom is -0.550 e. The first-order valence-electron chi connectivity index (χ1n) is 42.8. The Morgan fingerprint density at radius 1 is 0.488 bits per heavy atom. The molecule has 3 saturated carbocycles. The molecule has 1 aliphatic heterocycles. The van der Waals surface area contributed by atoms with Crippen LogP contribution in [-0.2, 0) is 70.9 Å². The quantitative estimate of drug-likeness (QED) is 0.0363. The summed E-state index contributed by atoms with van der Waals surface area (Å²) in [5, 5.41) is 30.2. The first-order valence-corrected chi connectivity index (χ1v) is 43.6. The molecule has 4 fully saturated rings. The fourth-order valence-electron chi connectivity index (χ4n) is 13.3. The van der Waals surface area contributed by atoms with E-state index in [1.807, 2.05) is 159 Å². The van der Waals surface area contributed by atoms with Gasteiger partial charge in [-0.1, -0.05) is 47.0 Å². The van der Waals surface area contributed by atoms with Gasteiger partial charge < -0.3 is 54.3 Å². The molecule has 32 nitrogen and oxygen atoms in total. The summed E-state index contributed by atoms with van der Waals surface area (Å²) >= 11 is 3.31. The van der Waals surface area contributed by atoms with E-state index in [1.165, 1.54) is 55.3 Å². The Morgan fingerprint density at radius 2 is 0.837 bits per heavy atom. The van der Waals surface area contributed by atoms with Gasteiger partial charge in [0.2, 0.25) is 0 Å². The number of pyridine rings is 8. The van der Waals surface area contributed by atoms with E-state index in [9.17, 15) is 33.6 Å². The molecule has 16 rings (SSSR count). The minimum absolute atomic E-state index is 0. The monoisotopic (exact) mass is 1830 g/mol. The molecule has 12 aromatic rings. The molecule has 1 saturated heterocycles. The molecule has 3 radical (unpaired) electrons. The van der Waals surface area contributed by atoms with Gasteiger partial charge in [-0.25, -0.2) is 53.0 Å². The van der Waals surface area contributed by atoms with Gasteiger partial charge in [0.1, 0.15) is 23.2 Å². The number of aryl methyl sites for hydroxylation is 8. The van der Waals surface area contributed by atoms with Crippen LogP contribution in [0.15, 0.2) is 196 Å². The zero-order chi connectivity index (χ0) is 92.2. The third-order valence-corrected chi connectivity index (χ3v) is 22.3. The number of aliphatic carboxylic acids is 1. The zero-order valence-electron chi connectivity index (χ0n) is 76.7. The fraction of sp³-hybridized carbons (Fsp3) is 0.398. The molecule has 13 heterocycles. The number of nitrogen functional groups attached to an aromatic ring is 2. The molecule has 0 bridgehead atoms. The Morgan fingerprint density at radius 3 is 1.16 bits per heavy atom. The number of carboxylic acids is 1. The van der Waals surface area contributed by atoms with Crippen molar-refractivity contribution in [1.82, 2.24) is 77.3 Å². The van der Waals surface area contributed by atoms with Crippen molar-refractivity contribution in [2.24, 2.45) is 5.92 Å². The Kier molecular flexibility index (Phi) is 40.2. The van der Waals surface area contributed by atoms with Crippen LogP contribution in [0.25, 0.3) is 56.1 Å². The normalized spacial score (nSPS) is 13.6. The number of Topliss-reactive ketones (excluding diaryl/α,β-unsaturated/α-hetero) is 1. The van der Waals surface area contributed by atoms with E-state index in [0.717, 1.165) is 161 Å². The maximum atomic E-state index is 11.9. The first-order chi connectivity index (χ1) is 60.5. The predicted molar refractivity (Wildman–Crippen MR) is 499 cm³/mol. The molecular weight excluding hydrogens is 1720 g/mol. The molecule has 36 heteroatoms. The number of nitrogens with zero attached hydrogens (tertiary/aromatic N) is 16. The van der Waals surface area contributed by atoms with Gasteiger partial charge in [-0.05, 0) is 213 Å². The molecule has 5 N–H and O–H groups in total. The number of ketones is 1. The number of carboxylic acid groups (broad SMARTS) is 1. The van der Waals surface area contributed by atoms with Crippen LogP contribution in [0.2, 0.25) is 0 Å². The van der Waals surface area contributed by atoms with Gasteiger partial charge in [-0.3, -0.25) is 29.0 Å². The molecule has 0 aromatic carbocycles. The number of rotatable bonds is 20. The predicted octanol–water partition coefficient (Wildman–Crippen LogP) is 9.96. The van der Waals surface area contributed by atoms with Crippen molar-refractivity contribution < 1.29 is 72.9 Å². The second kappa shape index (κ2) is 49.7. The number of halogens is 1. The van der Waals surface area contributed by atoms with Gasteiger partial charge in [0.15, 0.2) is 0 Å². The Labute approximate surface area is 784 Å². The van der Waals surface area contributed by atoms with Crippen molar-refractivity contribution in [1.29, 1.82) is 0 Å². The molecule has 0 amide bonds. The molecule has 675 valence electrons. The van der Waals surface area contributed by atoms with Crippen LogP contribution >= 0.6 is 15.9 Å². The molecule has 3 aliphatic carbocycles. The van der Waals surface area contributed by atoms with Gasteiger partial charge >= 0.3 is 48.6 Å². The number of carbonyl (C=O) groups excluding carboxylic acids is 4. The van der Waals surface area contributed by atoms with Crippen LogP contribution in [0.4, 0.5) is 17.5 Å². The van der Waals surface area contributed by atoms with Crippen molar-refractivity contribution in [2.75, 3.05) is 16.8 Å². The van der Waals surface area contributed by atoms with E-state index >= 15 is 0 Å². The summed E-state index contributed by atoms with van der Waals surface area (Å²) in [6.45, 7) is 30.6. The molecule has 0 spiro atoms. The summed E-state index contributed by atoms with van der Waals surface area (Å²) in [6, 6.07) is 22.1. The molecular formula is C93H116B2BrN19NaO13. The SMILES string of the molecule is CC(=O)OOC(C)=O.CC(=O)[O-].CCCn1cc(-n2cc(-c3cnc(CC4CCC4)cc3C)cn2)ccc1=O.CCCn1cc(-n2cc(-c3cnc(N)cc3C)cn2)ccc1=O.CCCn1cc(-n2cc(-c3cnc(NC4CCC4)cc3C)cn2)ccc1=O.CCCn1cc(-n2cc(B3OC(C)(C)C(C)(C)O3)cn2)ccc1=O.Cc1cc(N)ncc1Br.O=C1CCC1.[B].[Na+]. The first kappa shape index (κ1) is 104. The molecule has 0 atom stereocenters. The van der Waals surface area contributed by atoms with Crippen molar-refractivity contribution in [3.63, 3.8) is 0 Å². The smallest absolute Gasteiger partial charge is 0.550 e. The maximum absolute atomic E-state index is 11.9. The molecule has 129 heavy (non-hydrogen) atoms. The summed E-state index contributed by atoms with van der Waals surface area (Å²) < 4.78 is 27.1. The average molecular weight is 1830 g/mol. The van der Waals surface area contributed by atoms with E-state index in [1.54, 1.807) is 93.5 Å². The second-order valence-corrected chi connectivity index (χ2v) is 33.3. The number of nitrogens with one attached hydrogen (secondary N) is 1. The van der Waals surface area contributed by atoms with E-state index < -0.39 is 25.0 Å². The van der Waals surface area contributed by atoms with Gasteiger partial charge in [0.05, 0.1) is 52.5 Å². The Balaban J connectivity index is 0.000000214. The van der Waals surface area contributed by atoms with Crippen molar-refractivity contribution in [2.45, 2.75) is 237 Å². The summed E-state index contributed by atoms with van der Waals surface area (Å²) in [4.78, 5) is 111. The summed E-state index contributed by atoms with van der Waals surface area (Å²) in [7, 11) is -0.440. The van der Waals surface area contributed by atoms with Crippen molar-refractivity contribution in [3.8, 4) is 56.1 Å². The average Bonchev–Trinajstić information content (AvgIpc) is 1.61. The summed E-state index contributed by atoms with van der Waals surface area (Å²) in [5.74, 6) is 0.913. The largest absolute Gasteiger partial charge is 1.00 e. The van der Waals surface area contributed by atoms with Crippen LogP contribution in [-0.4, -0.2) is 134 Å². The number of nitrogens with two attached hydrogens (primary N) is 2. The topological polar surface area (TPSA) is 403 Å². The zero-order valence-corrected chi connectivity index (χ0v) is 80.3. The molecule has 12 aromatic heterocycles. The van der Waals surface area contributed by atoms with Crippen LogP contribution in [0.1, 0.15) is 188 Å². The second-order valence-electron chi connectivity index (χ2n) is 32.5. The Hall–Kier alpha value is -11.8. The summed E-state index contributed by atoms with van der Waals surface area (Å²) in [6.07, 6.45) is 45.2. The Bertz CT molecular complexity index is 5780. The third-order valence-electron chi connectivity index (χ3n) is 21.4. The van der Waals surface area contributed by atoms with Crippen LogP contribution in [0.3, 0.4) is 0 Å². The van der Waals surface area contributed by atoms with Gasteiger partial charge in [0, 0.05) is 227 Å². The summed E-state index contributed by atoms with van der Waals surface area (Å²) in [5.41, 5.74) is 26.6. The van der Waals surface area contributed by atoms with Gasteiger partial charge in [-0.15, -0.1) is 0 Å². The van der Waals surface area contributed by atoms with Gasteiger partial charge in [0.25, 0.3) is 22.2 Å². The van der Waals surface area contributed by atoms with Crippen LogP contribution in [0.5, 0.6) is 0 Å². The van der Waals surface area contributed by atoms with E-state index in [4.69, 9.17) is 30.7 Å². The number of anilines is 3. The van der Waals surface area contributed by atoms with E-state index in [2.05, 4.69) is 111 Å². The van der Waals surface area contributed by atoms with Crippen LogP contribution in [0, 0.1) is 33.6 Å². The van der Waals surface area contributed by atoms with E-state index in [-0.39, 0.29) is 71.4 Å². The van der Waals surface area contributed by atoms with E-state index in [0.29, 0.717) is 49.6 Å². The standard InChI is InChI=1S/C22H26N4O.C21H25N5O.C17H24BN3O3.C17H19N5O.C6H7BrN2.C4H6O4.C4H6O.C2H4O2.B.Na/c1-3-9-25-15-20(7-8-22(25)27)26-14-18(12-24-26)21-13-23-19(10-16(21)2)11-17-5-4-6-17;1-3-9-25-14-18(7-8-21(25)27)26-13-16(11-23-26)19-12-22-20(10-15(19)2)24-17-5-4-6-17;1-6-9-20-12-14(7-8-15(20)22)21-11-13(10-19-21)18-23-16(2,3)17(4,5)24-18;1-3-6-21-11-14(4-5-17(21)23)22-10-13(8-20-22)15-9-19-16(18)7-12(15)2;1-4-2-6(8)9-3-5(4)7;1-3(5)7-8-4(2)6;5-4-2-1-3-4;1-2(3)4;;/h7-8,10,12-15,17H,3-6,9,11H2,1-2H3;7-8,10-14,17H,3-6,9H2,1-2H3,(H,22,24);7-8,10-12H,6,9H2,1-5H3;4-5,7-11H,3,6H2,1-2H3,(H2,18,19);2-3H,1H3,(H2,8,9);1-2H3;1-3H2;1H3,(H,3,4);;/q;;;;;;;;;+1/p-1. The van der Waals surface area contributed by atoms with Crippen molar-refractivity contribution >= 4 is 78.1 Å². The fourth-order valence-corrected chi connectivity index (χ4v) is 13.5. The number of hydrogen-bond donors (Lipinski definition) is 3. The maximum Gasteiger partial charge on any atom is 1.00 e. The van der Waals surface area contributed by atoms with Crippen molar-refractivity contribution in [3.05, 3.63) is 246 Å². The molecule has 0 unspecified atom stereocenters. The number of hydrogen-bond acceptors (Lipinski definition) is 24. The number of aromatic nitrogens is 16. The number of carbonyl (C=O) groups is 4. The third kappa shape index (κ3) is 30.7. The van der Waals surface area contributed by atoms with Gasteiger partial charge in [-0.2, -0.15) is 20.4 Å². The molecule has 4 aliphatic rings. The minimum atomic E-state index is -1.08.